The molecule has 1 atom stereocenters. The number of ether oxygens (including phenoxy) is 1. The topological polar surface area (TPSA) is 86.3 Å². The lowest BCUT2D eigenvalue weighted by molar-refractivity contribution is -0.141. The van der Waals surface area contributed by atoms with Gasteiger partial charge < -0.3 is 15.4 Å². The number of hydrogen-bond acceptors (Lipinski definition) is 6. The third kappa shape index (κ3) is 3.49. The summed E-state index contributed by atoms with van der Waals surface area (Å²) in [6, 6.07) is 1.97. The minimum Gasteiger partial charge on any atom is -0.370 e. The van der Waals surface area contributed by atoms with Gasteiger partial charge in [0, 0.05) is 24.4 Å². The number of piperidine rings is 1. The lowest BCUT2D eigenvalue weighted by Gasteiger charge is -2.44. The van der Waals surface area contributed by atoms with E-state index in [0.717, 1.165) is 25.9 Å². The number of fused-ring (bicyclic) bond motifs is 2. The van der Waals surface area contributed by atoms with Crippen LogP contribution in [0, 0.1) is 12.8 Å². The minimum atomic E-state index is -0.230. The van der Waals surface area contributed by atoms with Crippen LogP contribution in [0.25, 0.3) is 0 Å². The second-order valence-electron chi connectivity index (χ2n) is 8.18. The molecule has 2 N–H and O–H groups in total. The van der Waals surface area contributed by atoms with Gasteiger partial charge in [0.1, 0.15) is 18.2 Å². The van der Waals surface area contributed by atoms with Crippen LogP contribution in [0.4, 0.5) is 0 Å². The van der Waals surface area contributed by atoms with Crippen LogP contribution in [0.3, 0.4) is 0 Å². The van der Waals surface area contributed by atoms with E-state index in [4.69, 9.17) is 10.5 Å². The van der Waals surface area contributed by atoms with Gasteiger partial charge in [-0.2, -0.15) is 5.10 Å². The van der Waals surface area contributed by atoms with E-state index in [2.05, 4.69) is 21.5 Å². The maximum atomic E-state index is 12.9. The van der Waals surface area contributed by atoms with Gasteiger partial charge in [0.2, 0.25) is 5.91 Å². The maximum Gasteiger partial charge on any atom is 0.244 e. The number of carbonyl (C=O) groups excluding carboxylic acids is 1. The van der Waals surface area contributed by atoms with E-state index in [0.29, 0.717) is 24.7 Å². The van der Waals surface area contributed by atoms with E-state index in [9.17, 15) is 4.79 Å². The fourth-order valence-corrected chi connectivity index (χ4v) is 5.20. The molecule has 4 rings (SSSR count). The van der Waals surface area contributed by atoms with Crippen LogP contribution in [0.2, 0.25) is 0 Å². The molecule has 0 aliphatic carbocycles. The molecule has 8 heteroatoms. The zero-order valence-corrected chi connectivity index (χ0v) is 17.7. The van der Waals surface area contributed by atoms with Gasteiger partial charge in [-0.15, -0.1) is 11.3 Å². The van der Waals surface area contributed by atoms with Gasteiger partial charge in [-0.05, 0) is 42.7 Å². The molecule has 0 aromatic carbocycles. The molecule has 4 heterocycles. The first-order valence-corrected chi connectivity index (χ1v) is 10.9. The SMILES string of the molecule is Cc1nc([C@@H](N)C(C)C)n(CC(=O)N2CCC3(CC2)OCCc2sccc23)n1. The van der Waals surface area contributed by atoms with Crippen LogP contribution < -0.4 is 5.73 Å². The maximum absolute atomic E-state index is 12.9. The Hall–Kier alpha value is -1.77. The minimum absolute atomic E-state index is 0.0679. The predicted molar refractivity (Wildman–Crippen MR) is 108 cm³/mol. The van der Waals surface area contributed by atoms with Gasteiger partial charge in [0.15, 0.2) is 0 Å². The van der Waals surface area contributed by atoms with Crippen LogP contribution in [-0.2, 0) is 28.1 Å². The Balaban J connectivity index is 1.44. The second-order valence-corrected chi connectivity index (χ2v) is 9.18. The molecule has 152 valence electrons. The van der Waals surface area contributed by atoms with Crippen molar-refractivity contribution in [2.24, 2.45) is 11.7 Å². The molecule has 2 aliphatic heterocycles. The molecular formula is C20H29N5O2S. The summed E-state index contributed by atoms with van der Waals surface area (Å²) in [5.74, 6) is 1.64. The number of nitrogens with zero attached hydrogens (tertiary/aromatic N) is 4. The number of thiophene rings is 1. The number of rotatable bonds is 4. The van der Waals surface area contributed by atoms with Gasteiger partial charge in [-0.1, -0.05) is 13.8 Å². The number of hydrogen-bond donors (Lipinski definition) is 1. The summed E-state index contributed by atoms with van der Waals surface area (Å²) in [5.41, 5.74) is 7.40. The molecule has 1 amide bonds. The van der Waals surface area contributed by atoms with Crippen molar-refractivity contribution in [3.8, 4) is 0 Å². The molecule has 2 aromatic rings. The zero-order valence-electron chi connectivity index (χ0n) is 16.9. The molecule has 2 aliphatic rings. The molecule has 1 fully saturated rings. The number of amides is 1. The smallest absolute Gasteiger partial charge is 0.244 e. The highest BCUT2D eigenvalue weighted by Gasteiger charge is 2.42. The van der Waals surface area contributed by atoms with Crippen molar-refractivity contribution in [2.45, 2.75) is 58.2 Å². The molecular weight excluding hydrogens is 374 g/mol. The molecule has 0 unspecified atom stereocenters. The monoisotopic (exact) mass is 403 g/mol. The first kappa shape index (κ1) is 19.5. The van der Waals surface area contributed by atoms with Crippen molar-refractivity contribution in [1.29, 1.82) is 0 Å². The Morgan fingerprint density at radius 1 is 1.39 bits per heavy atom. The molecule has 1 saturated heterocycles. The molecule has 1 spiro atoms. The van der Waals surface area contributed by atoms with Crippen molar-refractivity contribution in [2.75, 3.05) is 19.7 Å². The number of aromatic nitrogens is 3. The van der Waals surface area contributed by atoms with Crippen molar-refractivity contribution < 1.29 is 9.53 Å². The molecule has 7 nitrogen and oxygen atoms in total. The Labute approximate surface area is 169 Å². The van der Waals surface area contributed by atoms with E-state index in [1.807, 2.05) is 37.0 Å². The summed E-state index contributed by atoms with van der Waals surface area (Å²) in [7, 11) is 0. The molecule has 2 aromatic heterocycles. The molecule has 0 radical (unpaired) electrons. The average molecular weight is 404 g/mol. The van der Waals surface area contributed by atoms with Gasteiger partial charge >= 0.3 is 0 Å². The summed E-state index contributed by atoms with van der Waals surface area (Å²) in [5, 5.41) is 6.57. The molecule has 28 heavy (non-hydrogen) atoms. The fourth-order valence-electron chi connectivity index (χ4n) is 4.25. The highest BCUT2D eigenvalue weighted by molar-refractivity contribution is 7.10. The van der Waals surface area contributed by atoms with Crippen LogP contribution in [0.5, 0.6) is 0 Å². The third-order valence-electron chi connectivity index (χ3n) is 5.98. The van der Waals surface area contributed by atoms with Crippen LogP contribution >= 0.6 is 11.3 Å². The van der Waals surface area contributed by atoms with E-state index in [-0.39, 0.29) is 30.0 Å². The number of nitrogens with two attached hydrogens (primary N) is 1. The van der Waals surface area contributed by atoms with Crippen molar-refractivity contribution in [1.82, 2.24) is 19.7 Å². The summed E-state index contributed by atoms with van der Waals surface area (Å²) in [6.45, 7) is 8.30. The highest BCUT2D eigenvalue weighted by atomic mass is 32.1. The third-order valence-corrected chi connectivity index (χ3v) is 6.96. The summed E-state index contributed by atoms with van der Waals surface area (Å²) < 4.78 is 7.92. The number of likely N-dealkylation sites (tertiary alicyclic amines) is 1. The quantitative estimate of drug-likeness (QED) is 0.847. The Bertz CT molecular complexity index is 851. The Kier molecular flexibility index (Phi) is 5.28. The van der Waals surface area contributed by atoms with Gasteiger partial charge in [0.05, 0.1) is 18.2 Å². The summed E-state index contributed by atoms with van der Waals surface area (Å²) >= 11 is 1.82. The standard InChI is InChI=1S/C20H29N5O2S/c1-13(2)18(21)19-22-14(3)23-25(19)12-17(26)24-8-6-20(7-9-24)15-5-11-28-16(15)4-10-27-20/h5,11,13,18H,4,6-10,12,21H2,1-3H3/t18-/m0/s1. The Morgan fingerprint density at radius 2 is 2.14 bits per heavy atom. The number of aryl methyl sites for hydroxylation is 1. The Morgan fingerprint density at radius 3 is 2.86 bits per heavy atom. The summed E-state index contributed by atoms with van der Waals surface area (Å²) in [6.07, 6.45) is 2.69. The average Bonchev–Trinajstić information content (AvgIpc) is 3.29. The van der Waals surface area contributed by atoms with Crippen molar-refractivity contribution in [3.63, 3.8) is 0 Å². The van der Waals surface area contributed by atoms with E-state index in [1.54, 1.807) is 4.68 Å². The highest BCUT2D eigenvalue weighted by Crippen LogP contribution is 2.43. The van der Waals surface area contributed by atoms with Gasteiger partial charge in [0.25, 0.3) is 0 Å². The first-order valence-electron chi connectivity index (χ1n) is 10.0. The number of carbonyl (C=O) groups is 1. The second kappa shape index (κ2) is 7.57. The zero-order chi connectivity index (χ0) is 19.9. The lowest BCUT2D eigenvalue weighted by atomic mass is 9.82. The van der Waals surface area contributed by atoms with Crippen molar-refractivity contribution in [3.05, 3.63) is 33.5 Å². The van der Waals surface area contributed by atoms with E-state index in [1.165, 1.54) is 10.4 Å². The summed E-state index contributed by atoms with van der Waals surface area (Å²) in [4.78, 5) is 20.8. The van der Waals surface area contributed by atoms with Crippen LogP contribution in [0.1, 0.15) is 54.8 Å². The fraction of sp³-hybridized carbons (Fsp3) is 0.650. The molecule has 0 bridgehead atoms. The van der Waals surface area contributed by atoms with E-state index >= 15 is 0 Å². The van der Waals surface area contributed by atoms with Gasteiger partial charge in [-0.25, -0.2) is 9.67 Å². The normalized spacial score (nSPS) is 19.8. The largest absolute Gasteiger partial charge is 0.370 e. The molecule has 0 saturated carbocycles. The van der Waals surface area contributed by atoms with E-state index < -0.39 is 0 Å². The first-order chi connectivity index (χ1) is 13.4. The predicted octanol–water partition coefficient (Wildman–Crippen LogP) is 2.39. The van der Waals surface area contributed by atoms with Crippen LogP contribution in [0.15, 0.2) is 11.4 Å². The lowest BCUT2D eigenvalue weighted by Crippen LogP contribution is -2.48. The van der Waals surface area contributed by atoms with Crippen molar-refractivity contribution >= 4 is 17.2 Å². The van der Waals surface area contributed by atoms with Crippen LogP contribution in [-0.4, -0.2) is 45.3 Å². The van der Waals surface area contributed by atoms with Gasteiger partial charge in [-0.3, -0.25) is 4.79 Å².